The maximum absolute atomic E-state index is 12.2. The number of fused-ring (bicyclic) bond motifs is 1. The molecule has 0 aliphatic carbocycles. The summed E-state index contributed by atoms with van der Waals surface area (Å²) < 4.78 is 26.9. The Labute approximate surface area is 122 Å². The highest BCUT2D eigenvalue weighted by molar-refractivity contribution is 7.93. The summed E-state index contributed by atoms with van der Waals surface area (Å²) >= 11 is 0. The van der Waals surface area contributed by atoms with Gasteiger partial charge in [-0.3, -0.25) is 19.2 Å². The van der Waals surface area contributed by atoms with Crippen LogP contribution < -0.4 is 10.0 Å². The number of benzene rings is 1. The van der Waals surface area contributed by atoms with Gasteiger partial charge in [-0.25, -0.2) is 8.42 Å². The molecule has 1 atom stereocenters. The van der Waals surface area contributed by atoms with Gasteiger partial charge in [0.15, 0.2) is 0 Å². The molecule has 2 aliphatic heterocycles. The predicted octanol–water partition coefficient (Wildman–Crippen LogP) is 0.0160. The second-order valence-electron chi connectivity index (χ2n) is 5.19. The van der Waals surface area contributed by atoms with Crippen molar-refractivity contribution >= 4 is 27.5 Å². The molecule has 21 heavy (non-hydrogen) atoms. The topological polar surface area (TPSA) is 95.6 Å². The molecule has 2 N–H and O–H groups in total. The van der Waals surface area contributed by atoms with Crippen molar-refractivity contribution < 1.29 is 18.0 Å². The highest BCUT2D eigenvalue weighted by atomic mass is 32.2. The molecule has 2 amide bonds. The van der Waals surface area contributed by atoms with Crippen LogP contribution in [0.5, 0.6) is 0 Å². The lowest BCUT2D eigenvalue weighted by Crippen LogP contribution is -2.29. The Morgan fingerprint density at radius 3 is 2.62 bits per heavy atom. The lowest BCUT2D eigenvalue weighted by atomic mass is 10.1. The monoisotopic (exact) mass is 309 g/mol. The SMILES string of the molecule is CN1C(=O)c2ccc(NS(=O)(=O)C3CCNC3)cc2C1=O. The minimum atomic E-state index is -3.50. The van der Waals surface area contributed by atoms with E-state index in [0.717, 1.165) is 4.90 Å². The molecule has 0 spiro atoms. The average Bonchev–Trinajstić information content (AvgIpc) is 3.05. The van der Waals surface area contributed by atoms with Gasteiger partial charge in [0.1, 0.15) is 0 Å². The van der Waals surface area contributed by atoms with Crippen molar-refractivity contribution in [2.45, 2.75) is 11.7 Å². The first-order valence-electron chi connectivity index (χ1n) is 6.59. The summed E-state index contributed by atoms with van der Waals surface area (Å²) in [7, 11) is -2.10. The molecular weight excluding hydrogens is 294 g/mol. The fourth-order valence-corrected chi connectivity index (χ4v) is 3.95. The van der Waals surface area contributed by atoms with E-state index in [0.29, 0.717) is 30.8 Å². The normalized spacial score (nSPS) is 21.8. The number of anilines is 1. The third-order valence-corrected chi connectivity index (χ3v) is 5.60. The first kappa shape index (κ1) is 14.0. The third kappa shape index (κ3) is 2.30. The van der Waals surface area contributed by atoms with E-state index in [4.69, 9.17) is 0 Å². The molecule has 2 heterocycles. The molecule has 1 aromatic carbocycles. The van der Waals surface area contributed by atoms with Gasteiger partial charge in [-0.15, -0.1) is 0 Å². The van der Waals surface area contributed by atoms with Crippen LogP contribution in [-0.2, 0) is 10.0 Å². The van der Waals surface area contributed by atoms with Crippen molar-refractivity contribution in [1.82, 2.24) is 10.2 Å². The smallest absolute Gasteiger partial charge is 0.261 e. The molecule has 0 saturated carbocycles. The van der Waals surface area contributed by atoms with Crippen molar-refractivity contribution in [3.63, 3.8) is 0 Å². The van der Waals surface area contributed by atoms with E-state index in [1.165, 1.54) is 25.2 Å². The number of hydrogen-bond acceptors (Lipinski definition) is 5. The Morgan fingerprint density at radius 2 is 1.95 bits per heavy atom. The summed E-state index contributed by atoms with van der Waals surface area (Å²) in [5.74, 6) is -0.789. The van der Waals surface area contributed by atoms with Gasteiger partial charge in [0.25, 0.3) is 11.8 Å². The Balaban J connectivity index is 1.89. The number of rotatable bonds is 3. The molecular formula is C13H15N3O4S. The third-order valence-electron chi connectivity index (χ3n) is 3.80. The molecule has 1 fully saturated rings. The van der Waals surface area contributed by atoms with Crippen LogP contribution in [0, 0.1) is 0 Å². The van der Waals surface area contributed by atoms with Crippen LogP contribution >= 0.6 is 0 Å². The number of imide groups is 1. The van der Waals surface area contributed by atoms with Crippen LogP contribution in [0.4, 0.5) is 5.69 Å². The molecule has 0 bridgehead atoms. The zero-order chi connectivity index (χ0) is 15.2. The van der Waals surface area contributed by atoms with Crippen LogP contribution in [0.3, 0.4) is 0 Å². The molecule has 7 nitrogen and oxygen atoms in total. The molecule has 8 heteroatoms. The van der Waals surface area contributed by atoms with Crippen molar-refractivity contribution in [2.24, 2.45) is 0 Å². The van der Waals surface area contributed by atoms with E-state index in [2.05, 4.69) is 10.0 Å². The maximum Gasteiger partial charge on any atom is 0.261 e. The van der Waals surface area contributed by atoms with Crippen LogP contribution in [0.1, 0.15) is 27.1 Å². The first-order valence-corrected chi connectivity index (χ1v) is 8.13. The first-order chi connectivity index (χ1) is 9.90. The van der Waals surface area contributed by atoms with Gasteiger partial charge in [0.2, 0.25) is 10.0 Å². The van der Waals surface area contributed by atoms with Gasteiger partial charge in [0, 0.05) is 19.3 Å². The predicted molar refractivity (Wildman–Crippen MR) is 76.7 cm³/mol. The van der Waals surface area contributed by atoms with Crippen LogP contribution in [0.2, 0.25) is 0 Å². The number of carbonyl (C=O) groups excluding carboxylic acids is 2. The van der Waals surface area contributed by atoms with Gasteiger partial charge in [-0.2, -0.15) is 0 Å². The van der Waals surface area contributed by atoms with E-state index in [-0.39, 0.29) is 11.5 Å². The minimum absolute atomic E-state index is 0.229. The molecule has 0 radical (unpaired) electrons. The molecule has 1 aromatic rings. The molecule has 112 valence electrons. The Hall–Kier alpha value is -1.93. The van der Waals surface area contributed by atoms with Gasteiger partial charge in [0.05, 0.1) is 16.4 Å². The fraction of sp³-hybridized carbons (Fsp3) is 0.385. The summed E-state index contributed by atoms with van der Waals surface area (Å²) in [5, 5.41) is 2.52. The summed E-state index contributed by atoms with van der Waals surface area (Å²) in [6.45, 7) is 1.09. The second kappa shape index (κ2) is 4.81. The Kier molecular flexibility index (Phi) is 3.22. The minimum Gasteiger partial charge on any atom is -0.315 e. The summed E-state index contributed by atoms with van der Waals surface area (Å²) in [5.41, 5.74) is 0.831. The zero-order valence-corrected chi connectivity index (χ0v) is 12.2. The lowest BCUT2D eigenvalue weighted by molar-refractivity contribution is 0.0693. The van der Waals surface area contributed by atoms with Crippen molar-refractivity contribution in [3.05, 3.63) is 29.3 Å². The number of carbonyl (C=O) groups is 2. The summed E-state index contributed by atoms with van der Waals surface area (Å²) in [6, 6.07) is 4.39. The molecule has 3 rings (SSSR count). The Bertz CT molecular complexity index is 723. The van der Waals surface area contributed by atoms with Gasteiger partial charge in [-0.1, -0.05) is 0 Å². The summed E-state index contributed by atoms with van der Waals surface area (Å²) in [6.07, 6.45) is 0.556. The van der Waals surface area contributed by atoms with E-state index < -0.39 is 21.2 Å². The maximum atomic E-state index is 12.2. The quantitative estimate of drug-likeness (QED) is 0.767. The van der Waals surface area contributed by atoms with Crippen LogP contribution in [0.25, 0.3) is 0 Å². The number of sulfonamides is 1. The van der Waals surface area contributed by atoms with Crippen molar-refractivity contribution in [2.75, 3.05) is 24.9 Å². The number of nitrogens with one attached hydrogen (secondary N) is 2. The highest BCUT2D eigenvalue weighted by Gasteiger charge is 2.34. The van der Waals surface area contributed by atoms with E-state index in [1.807, 2.05) is 0 Å². The highest BCUT2D eigenvalue weighted by Crippen LogP contribution is 2.26. The van der Waals surface area contributed by atoms with Gasteiger partial charge >= 0.3 is 0 Å². The van der Waals surface area contributed by atoms with Gasteiger partial charge in [-0.05, 0) is 31.2 Å². The van der Waals surface area contributed by atoms with E-state index >= 15 is 0 Å². The number of nitrogens with zero attached hydrogens (tertiary/aromatic N) is 1. The molecule has 2 aliphatic rings. The fourth-order valence-electron chi connectivity index (χ4n) is 2.57. The van der Waals surface area contributed by atoms with E-state index in [1.54, 1.807) is 0 Å². The lowest BCUT2D eigenvalue weighted by Gasteiger charge is -2.13. The van der Waals surface area contributed by atoms with E-state index in [9.17, 15) is 18.0 Å². The van der Waals surface area contributed by atoms with Crippen molar-refractivity contribution in [3.8, 4) is 0 Å². The van der Waals surface area contributed by atoms with Crippen LogP contribution in [0.15, 0.2) is 18.2 Å². The average molecular weight is 309 g/mol. The standard InChI is InChI=1S/C13H15N3O4S/c1-16-12(17)10-3-2-8(6-11(10)13(16)18)15-21(19,20)9-4-5-14-7-9/h2-3,6,9,14-15H,4-5,7H2,1H3. The van der Waals surface area contributed by atoms with Gasteiger partial charge < -0.3 is 5.32 Å². The molecule has 1 saturated heterocycles. The largest absolute Gasteiger partial charge is 0.315 e. The Morgan fingerprint density at radius 1 is 1.24 bits per heavy atom. The van der Waals surface area contributed by atoms with Crippen LogP contribution in [-0.4, -0.2) is 50.5 Å². The second-order valence-corrected chi connectivity index (χ2v) is 7.15. The number of hydrogen-bond donors (Lipinski definition) is 2. The molecule has 1 unspecified atom stereocenters. The number of amides is 2. The molecule has 0 aromatic heterocycles. The summed E-state index contributed by atoms with van der Waals surface area (Å²) in [4.78, 5) is 24.7. The zero-order valence-electron chi connectivity index (χ0n) is 11.4. The van der Waals surface area contributed by atoms with Crippen molar-refractivity contribution in [1.29, 1.82) is 0 Å².